The van der Waals surface area contributed by atoms with Crippen molar-refractivity contribution in [3.63, 3.8) is 0 Å². The first kappa shape index (κ1) is 15.8. The molecule has 0 spiro atoms. The summed E-state index contributed by atoms with van der Waals surface area (Å²) >= 11 is 2.51. The number of hydrogen-bond acceptors (Lipinski definition) is 6. The second-order valence-electron chi connectivity index (χ2n) is 4.90. The molecular weight excluding hydrogens is 335 g/mol. The number of nitrogens with one attached hydrogen (secondary N) is 1. The van der Waals surface area contributed by atoms with Gasteiger partial charge in [0.25, 0.3) is 0 Å². The van der Waals surface area contributed by atoms with Crippen LogP contribution in [0.5, 0.6) is 0 Å². The molecule has 118 valence electrons. The quantitative estimate of drug-likeness (QED) is 0.577. The van der Waals surface area contributed by atoms with E-state index >= 15 is 0 Å². The minimum Gasteiger partial charge on any atom is -0.301 e. The van der Waals surface area contributed by atoms with Gasteiger partial charge in [0, 0.05) is 11.4 Å². The largest absolute Gasteiger partial charge is 0.301 e. The van der Waals surface area contributed by atoms with Gasteiger partial charge in [-0.05, 0) is 38.1 Å². The van der Waals surface area contributed by atoms with E-state index in [1.807, 2.05) is 19.9 Å². The zero-order valence-electron chi connectivity index (χ0n) is 12.5. The summed E-state index contributed by atoms with van der Waals surface area (Å²) in [5.74, 6) is -0.327. The molecule has 0 saturated carbocycles. The van der Waals surface area contributed by atoms with Gasteiger partial charge in [0.05, 0.1) is 16.0 Å². The lowest BCUT2D eigenvalue weighted by Crippen LogP contribution is -2.14. The zero-order chi connectivity index (χ0) is 16.4. The summed E-state index contributed by atoms with van der Waals surface area (Å²) in [5.41, 5.74) is 2.40. The van der Waals surface area contributed by atoms with Gasteiger partial charge in [-0.15, -0.1) is 0 Å². The zero-order valence-corrected chi connectivity index (χ0v) is 14.1. The van der Waals surface area contributed by atoms with Gasteiger partial charge in [0.15, 0.2) is 10.3 Å². The highest BCUT2D eigenvalue weighted by molar-refractivity contribution is 7.99. The number of benzene rings is 1. The minimum atomic E-state index is -0.318. The molecule has 0 saturated heterocycles. The number of halogens is 1. The van der Waals surface area contributed by atoms with Crippen molar-refractivity contribution in [2.75, 3.05) is 11.1 Å². The van der Waals surface area contributed by atoms with Crippen molar-refractivity contribution in [2.45, 2.75) is 19.0 Å². The maximum atomic E-state index is 13.2. The van der Waals surface area contributed by atoms with Crippen LogP contribution in [0.3, 0.4) is 0 Å². The predicted molar refractivity (Wildman–Crippen MR) is 90.4 cm³/mol. The molecule has 0 aliphatic carbocycles. The summed E-state index contributed by atoms with van der Waals surface area (Å²) < 4.78 is 13.9. The van der Waals surface area contributed by atoms with E-state index < -0.39 is 0 Å². The van der Waals surface area contributed by atoms with Crippen molar-refractivity contribution < 1.29 is 9.18 Å². The maximum Gasteiger partial charge on any atom is 0.236 e. The van der Waals surface area contributed by atoms with E-state index in [1.165, 1.54) is 35.2 Å². The Morgan fingerprint density at radius 2 is 1.96 bits per heavy atom. The number of rotatable bonds is 4. The fourth-order valence-corrected chi connectivity index (χ4v) is 3.65. The van der Waals surface area contributed by atoms with Gasteiger partial charge in [0.1, 0.15) is 5.82 Å². The molecule has 0 atom stereocenters. The van der Waals surface area contributed by atoms with Crippen molar-refractivity contribution in [2.24, 2.45) is 0 Å². The number of amides is 1. The molecule has 0 radical (unpaired) electrons. The summed E-state index contributed by atoms with van der Waals surface area (Å²) in [5, 5.41) is 3.75. The Kier molecular flexibility index (Phi) is 4.53. The van der Waals surface area contributed by atoms with Gasteiger partial charge in [-0.2, -0.15) is 0 Å². The molecule has 2 heterocycles. The molecule has 0 aliphatic rings. The molecule has 23 heavy (non-hydrogen) atoms. The number of anilines is 1. The lowest BCUT2D eigenvalue weighted by atomic mass is 10.3. The van der Waals surface area contributed by atoms with Crippen LogP contribution in [0.25, 0.3) is 10.2 Å². The number of nitrogens with zero attached hydrogens (tertiary/aromatic N) is 3. The van der Waals surface area contributed by atoms with Crippen LogP contribution in [0.2, 0.25) is 0 Å². The first-order valence-electron chi connectivity index (χ1n) is 6.80. The molecule has 1 aromatic carbocycles. The monoisotopic (exact) mass is 348 g/mol. The van der Waals surface area contributed by atoms with Gasteiger partial charge in [0.2, 0.25) is 5.91 Å². The Bertz CT molecular complexity index is 861. The second-order valence-corrected chi connectivity index (χ2v) is 6.87. The van der Waals surface area contributed by atoms with Gasteiger partial charge in [-0.1, -0.05) is 23.1 Å². The van der Waals surface area contributed by atoms with Crippen LogP contribution in [0.1, 0.15) is 11.4 Å². The molecule has 0 fully saturated rings. The number of fused-ring (bicyclic) bond motifs is 1. The first-order chi connectivity index (χ1) is 11.0. The van der Waals surface area contributed by atoms with Crippen LogP contribution < -0.4 is 5.32 Å². The number of thiazole rings is 1. The predicted octanol–water partition coefficient (Wildman–Crippen LogP) is 3.57. The fraction of sp³-hybridized carbons (Fsp3) is 0.200. The molecule has 3 rings (SSSR count). The Morgan fingerprint density at radius 3 is 2.70 bits per heavy atom. The normalized spacial score (nSPS) is 10.9. The van der Waals surface area contributed by atoms with E-state index in [1.54, 1.807) is 6.07 Å². The van der Waals surface area contributed by atoms with Crippen LogP contribution in [0.4, 0.5) is 9.52 Å². The number of aryl methyl sites for hydroxylation is 2. The van der Waals surface area contributed by atoms with Crippen LogP contribution in [0.15, 0.2) is 29.4 Å². The lowest BCUT2D eigenvalue weighted by Gasteiger charge is -2.03. The Labute approximate surface area is 140 Å². The number of thioether (sulfide) groups is 1. The first-order valence-corrected chi connectivity index (χ1v) is 8.61. The molecule has 5 nitrogen and oxygen atoms in total. The second kappa shape index (κ2) is 6.59. The maximum absolute atomic E-state index is 13.2. The van der Waals surface area contributed by atoms with Crippen LogP contribution in [-0.2, 0) is 4.79 Å². The number of carbonyl (C=O) groups excluding carboxylic acids is 1. The number of aromatic nitrogens is 3. The molecule has 0 unspecified atom stereocenters. The van der Waals surface area contributed by atoms with Crippen LogP contribution in [0, 0.1) is 19.7 Å². The molecule has 2 aromatic heterocycles. The highest BCUT2D eigenvalue weighted by Gasteiger charge is 2.10. The Hall–Kier alpha value is -2.06. The van der Waals surface area contributed by atoms with Gasteiger partial charge < -0.3 is 5.32 Å². The minimum absolute atomic E-state index is 0.188. The smallest absolute Gasteiger partial charge is 0.236 e. The third-order valence-electron chi connectivity index (χ3n) is 2.89. The SMILES string of the molecule is Cc1cc(C)nc(SCC(=O)Nc2nc3ccc(F)cc3s2)n1. The summed E-state index contributed by atoms with van der Waals surface area (Å²) in [6.45, 7) is 3.78. The van der Waals surface area contributed by atoms with Crippen LogP contribution in [-0.4, -0.2) is 26.6 Å². The van der Waals surface area contributed by atoms with E-state index in [-0.39, 0.29) is 17.5 Å². The van der Waals surface area contributed by atoms with Crippen molar-refractivity contribution in [1.29, 1.82) is 0 Å². The molecule has 0 aliphatic heterocycles. The average Bonchev–Trinajstić information content (AvgIpc) is 2.85. The van der Waals surface area contributed by atoms with Crippen molar-refractivity contribution in [3.8, 4) is 0 Å². The van der Waals surface area contributed by atoms with Gasteiger partial charge >= 0.3 is 0 Å². The molecule has 8 heteroatoms. The van der Waals surface area contributed by atoms with Crippen molar-refractivity contribution in [3.05, 3.63) is 41.5 Å². The fourth-order valence-electron chi connectivity index (χ4n) is 2.00. The summed E-state index contributed by atoms with van der Waals surface area (Å²) in [7, 11) is 0. The molecule has 1 N–H and O–H groups in total. The number of carbonyl (C=O) groups is 1. The standard InChI is InChI=1S/C15H13FN4OS2/c1-8-5-9(2)18-14(17-8)22-7-13(21)20-15-19-11-4-3-10(16)6-12(11)23-15/h3-6H,7H2,1-2H3,(H,19,20,21). The molecule has 3 aromatic rings. The summed E-state index contributed by atoms with van der Waals surface area (Å²) in [4.78, 5) is 24.8. The van der Waals surface area contributed by atoms with Crippen LogP contribution >= 0.6 is 23.1 Å². The molecule has 1 amide bonds. The van der Waals surface area contributed by atoms with E-state index in [4.69, 9.17) is 0 Å². The highest BCUT2D eigenvalue weighted by Crippen LogP contribution is 2.26. The van der Waals surface area contributed by atoms with E-state index in [9.17, 15) is 9.18 Å². The van der Waals surface area contributed by atoms with Crippen molar-refractivity contribution in [1.82, 2.24) is 15.0 Å². The topological polar surface area (TPSA) is 67.8 Å². The van der Waals surface area contributed by atoms with Crippen molar-refractivity contribution >= 4 is 44.4 Å². The van der Waals surface area contributed by atoms with E-state index in [0.717, 1.165) is 11.4 Å². The van der Waals surface area contributed by atoms with Gasteiger partial charge in [-0.25, -0.2) is 19.3 Å². The van der Waals surface area contributed by atoms with E-state index in [0.29, 0.717) is 20.5 Å². The lowest BCUT2D eigenvalue weighted by molar-refractivity contribution is -0.113. The molecule has 0 bridgehead atoms. The Morgan fingerprint density at radius 1 is 1.22 bits per heavy atom. The third kappa shape index (κ3) is 4.02. The number of hydrogen-bond donors (Lipinski definition) is 1. The van der Waals surface area contributed by atoms with E-state index in [2.05, 4.69) is 20.3 Å². The highest BCUT2D eigenvalue weighted by atomic mass is 32.2. The Balaban J connectivity index is 1.64. The third-order valence-corrected chi connectivity index (χ3v) is 4.67. The van der Waals surface area contributed by atoms with Gasteiger partial charge in [-0.3, -0.25) is 4.79 Å². The average molecular weight is 348 g/mol. The summed E-state index contributed by atoms with van der Waals surface area (Å²) in [6, 6.07) is 6.22. The molecular formula is C15H13FN4OS2. The summed E-state index contributed by atoms with van der Waals surface area (Å²) in [6.07, 6.45) is 0.